The Morgan fingerprint density at radius 3 is 2.42 bits per heavy atom. The molecule has 3 heteroatoms. The van der Waals surface area contributed by atoms with E-state index in [2.05, 4.69) is 45.5 Å². The lowest BCUT2D eigenvalue weighted by atomic mass is 9.99. The average molecular weight is 315 g/mol. The Labute approximate surface area is 122 Å². The van der Waals surface area contributed by atoms with Crippen molar-refractivity contribution in [2.24, 2.45) is 0 Å². The summed E-state index contributed by atoms with van der Waals surface area (Å²) in [5, 5.41) is 12.6. The molecule has 0 aliphatic carbocycles. The Balaban J connectivity index is 2.28. The molecule has 0 saturated carbocycles. The third-order valence-corrected chi connectivity index (χ3v) is 3.56. The molecule has 0 aromatic heterocycles. The monoisotopic (exact) mass is 314 g/mol. The number of nitrogens with zero attached hydrogens (tertiary/aromatic N) is 1. The van der Waals surface area contributed by atoms with Crippen molar-refractivity contribution in [1.29, 1.82) is 5.26 Å². The van der Waals surface area contributed by atoms with Gasteiger partial charge in [0.2, 0.25) is 0 Å². The van der Waals surface area contributed by atoms with Gasteiger partial charge in [0, 0.05) is 10.2 Å². The van der Waals surface area contributed by atoms with E-state index in [9.17, 15) is 5.26 Å². The summed E-state index contributed by atoms with van der Waals surface area (Å²) in [4.78, 5) is 0. The van der Waals surface area contributed by atoms with Crippen molar-refractivity contribution in [3.63, 3.8) is 0 Å². The molecule has 0 fully saturated rings. The lowest BCUT2D eigenvalue weighted by Gasteiger charge is -2.16. The van der Waals surface area contributed by atoms with E-state index in [4.69, 9.17) is 0 Å². The summed E-state index contributed by atoms with van der Waals surface area (Å²) in [6.45, 7) is 4.07. The first-order valence-corrected chi connectivity index (χ1v) is 6.88. The molecule has 0 bridgehead atoms. The molecule has 2 rings (SSSR count). The Morgan fingerprint density at radius 1 is 1.11 bits per heavy atom. The van der Waals surface area contributed by atoms with Crippen LogP contribution in [0.5, 0.6) is 0 Å². The SMILES string of the molecule is Cc1ccc(C)c(C(C#N)Nc2ccc(Br)cc2)c1. The molecule has 96 valence electrons. The number of hydrogen-bond donors (Lipinski definition) is 1. The zero-order chi connectivity index (χ0) is 13.8. The van der Waals surface area contributed by atoms with E-state index in [1.807, 2.05) is 38.1 Å². The number of hydrogen-bond acceptors (Lipinski definition) is 2. The van der Waals surface area contributed by atoms with E-state index in [0.29, 0.717) is 0 Å². The van der Waals surface area contributed by atoms with Crippen LogP contribution in [-0.2, 0) is 0 Å². The van der Waals surface area contributed by atoms with Crippen molar-refractivity contribution < 1.29 is 0 Å². The lowest BCUT2D eigenvalue weighted by Crippen LogP contribution is -2.10. The predicted molar refractivity (Wildman–Crippen MR) is 82.0 cm³/mol. The Hall–Kier alpha value is -1.79. The average Bonchev–Trinajstić information content (AvgIpc) is 2.41. The van der Waals surface area contributed by atoms with Crippen LogP contribution in [-0.4, -0.2) is 0 Å². The molecule has 0 spiro atoms. The summed E-state index contributed by atoms with van der Waals surface area (Å²) in [5.74, 6) is 0. The number of halogens is 1. The molecule has 2 nitrogen and oxygen atoms in total. The lowest BCUT2D eigenvalue weighted by molar-refractivity contribution is 0.978. The highest BCUT2D eigenvalue weighted by molar-refractivity contribution is 9.10. The smallest absolute Gasteiger partial charge is 0.140 e. The van der Waals surface area contributed by atoms with Crippen LogP contribution in [0.25, 0.3) is 0 Å². The minimum absolute atomic E-state index is 0.332. The van der Waals surface area contributed by atoms with Gasteiger partial charge in [0.25, 0.3) is 0 Å². The molecule has 1 atom stereocenters. The highest BCUT2D eigenvalue weighted by Crippen LogP contribution is 2.24. The van der Waals surface area contributed by atoms with Crippen molar-refractivity contribution in [3.05, 3.63) is 63.6 Å². The summed E-state index contributed by atoms with van der Waals surface area (Å²) in [5.41, 5.74) is 4.27. The molecule has 0 aliphatic rings. The molecular formula is C16H15BrN2. The maximum atomic E-state index is 9.39. The highest BCUT2D eigenvalue weighted by atomic mass is 79.9. The largest absolute Gasteiger partial charge is 0.366 e. The molecule has 0 radical (unpaired) electrons. The van der Waals surface area contributed by atoms with E-state index >= 15 is 0 Å². The summed E-state index contributed by atoms with van der Waals surface area (Å²) in [7, 11) is 0. The van der Waals surface area contributed by atoms with Crippen LogP contribution in [0.2, 0.25) is 0 Å². The van der Waals surface area contributed by atoms with Crippen LogP contribution >= 0.6 is 15.9 Å². The third-order valence-electron chi connectivity index (χ3n) is 3.03. The first kappa shape index (κ1) is 13.6. The van der Waals surface area contributed by atoms with Crippen molar-refractivity contribution in [2.75, 3.05) is 5.32 Å². The molecule has 0 aliphatic heterocycles. The number of benzene rings is 2. The van der Waals surface area contributed by atoms with Crippen LogP contribution < -0.4 is 5.32 Å². The van der Waals surface area contributed by atoms with Gasteiger partial charge in [-0.15, -0.1) is 0 Å². The van der Waals surface area contributed by atoms with Crippen LogP contribution in [0, 0.1) is 25.2 Å². The fraction of sp³-hybridized carbons (Fsp3) is 0.188. The molecular weight excluding hydrogens is 300 g/mol. The predicted octanol–water partition coefficient (Wildman–Crippen LogP) is 4.74. The molecule has 2 aromatic carbocycles. The highest BCUT2D eigenvalue weighted by Gasteiger charge is 2.12. The number of anilines is 1. The third kappa shape index (κ3) is 3.36. The quantitative estimate of drug-likeness (QED) is 0.888. The normalized spacial score (nSPS) is 11.7. The van der Waals surface area contributed by atoms with Gasteiger partial charge in [-0.25, -0.2) is 0 Å². The summed E-state index contributed by atoms with van der Waals surface area (Å²) >= 11 is 3.40. The van der Waals surface area contributed by atoms with E-state index in [1.165, 1.54) is 5.56 Å². The van der Waals surface area contributed by atoms with E-state index in [1.54, 1.807) is 0 Å². The summed E-state index contributed by atoms with van der Waals surface area (Å²) < 4.78 is 1.03. The van der Waals surface area contributed by atoms with Gasteiger partial charge in [0.1, 0.15) is 6.04 Å². The fourth-order valence-corrected chi connectivity index (χ4v) is 2.23. The van der Waals surface area contributed by atoms with Gasteiger partial charge in [0.15, 0.2) is 0 Å². The van der Waals surface area contributed by atoms with Gasteiger partial charge >= 0.3 is 0 Å². The maximum absolute atomic E-state index is 9.39. The van der Waals surface area contributed by atoms with E-state index < -0.39 is 0 Å². The van der Waals surface area contributed by atoms with Gasteiger partial charge in [-0.3, -0.25) is 0 Å². The second kappa shape index (κ2) is 5.90. The Kier molecular flexibility index (Phi) is 4.24. The fourth-order valence-electron chi connectivity index (χ4n) is 1.96. The maximum Gasteiger partial charge on any atom is 0.140 e. The van der Waals surface area contributed by atoms with Crippen LogP contribution in [0.3, 0.4) is 0 Å². The Morgan fingerprint density at radius 2 is 1.79 bits per heavy atom. The van der Waals surface area contributed by atoms with Crippen molar-refractivity contribution in [1.82, 2.24) is 0 Å². The standard InChI is InChI=1S/C16H15BrN2/c1-11-3-4-12(2)15(9-11)16(10-18)19-14-7-5-13(17)6-8-14/h3-9,16,19H,1-2H3. The molecule has 2 aromatic rings. The van der Waals surface area contributed by atoms with Crippen LogP contribution in [0.4, 0.5) is 5.69 Å². The van der Waals surface area contributed by atoms with Crippen molar-refractivity contribution >= 4 is 21.6 Å². The molecule has 19 heavy (non-hydrogen) atoms. The van der Waals surface area contributed by atoms with E-state index in [-0.39, 0.29) is 6.04 Å². The topological polar surface area (TPSA) is 35.8 Å². The molecule has 1 N–H and O–H groups in total. The molecule has 0 saturated heterocycles. The van der Waals surface area contributed by atoms with Crippen LogP contribution in [0.1, 0.15) is 22.7 Å². The van der Waals surface area contributed by atoms with Crippen molar-refractivity contribution in [3.8, 4) is 6.07 Å². The second-order valence-corrected chi connectivity index (χ2v) is 5.49. The van der Waals surface area contributed by atoms with Crippen LogP contribution in [0.15, 0.2) is 46.9 Å². The summed E-state index contributed by atoms with van der Waals surface area (Å²) in [6, 6.07) is 16.0. The Bertz CT molecular complexity index is 612. The minimum Gasteiger partial charge on any atom is -0.366 e. The number of rotatable bonds is 3. The van der Waals surface area contributed by atoms with Gasteiger partial charge in [0.05, 0.1) is 6.07 Å². The zero-order valence-corrected chi connectivity index (χ0v) is 12.5. The molecule has 1 unspecified atom stereocenters. The van der Waals surface area contributed by atoms with Gasteiger partial charge < -0.3 is 5.32 Å². The molecule has 0 heterocycles. The van der Waals surface area contributed by atoms with E-state index in [0.717, 1.165) is 21.3 Å². The first-order chi connectivity index (χ1) is 9.10. The summed E-state index contributed by atoms with van der Waals surface area (Å²) in [6.07, 6.45) is 0. The number of nitrogens with one attached hydrogen (secondary N) is 1. The first-order valence-electron chi connectivity index (χ1n) is 6.09. The van der Waals surface area contributed by atoms with Crippen molar-refractivity contribution in [2.45, 2.75) is 19.9 Å². The van der Waals surface area contributed by atoms with Gasteiger partial charge in [-0.2, -0.15) is 5.26 Å². The molecule has 0 amide bonds. The second-order valence-electron chi connectivity index (χ2n) is 4.57. The number of aryl methyl sites for hydroxylation is 2. The zero-order valence-electron chi connectivity index (χ0n) is 10.9. The van der Waals surface area contributed by atoms with Gasteiger partial charge in [-0.1, -0.05) is 39.7 Å². The van der Waals surface area contributed by atoms with Gasteiger partial charge in [-0.05, 0) is 49.2 Å². The minimum atomic E-state index is -0.332. The number of nitriles is 1.